The van der Waals surface area contributed by atoms with Crippen molar-refractivity contribution >= 4 is 23.2 Å². The van der Waals surface area contributed by atoms with Crippen molar-refractivity contribution in [2.24, 2.45) is 5.41 Å². The number of nitrogens with zero attached hydrogens (tertiary/aromatic N) is 4. The lowest BCUT2D eigenvalue weighted by molar-refractivity contribution is -0.145. The van der Waals surface area contributed by atoms with Gasteiger partial charge in [0.2, 0.25) is 11.8 Å². The molecular weight excluding hydrogens is 372 g/mol. The van der Waals surface area contributed by atoms with Crippen LogP contribution in [0.1, 0.15) is 21.9 Å². The first kappa shape index (κ1) is 17.4. The fourth-order valence-electron chi connectivity index (χ4n) is 4.31. The summed E-state index contributed by atoms with van der Waals surface area (Å²) >= 11 is 1.80. The second-order valence-electron chi connectivity index (χ2n) is 7.76. The maximum Gasteiger partial charge on any atom is 0.266 e. The van der Waals surface area contributed by atoms with Crippen molar-refractivity contribution in [2.75, 3.05) is 24.5 Å². The number of amides is 1. The van der Waals surface area contributed by atoms with E-state index in [1.807, 2.05) is 28.0 Å². The molecule has 0 saturated carbocycles. The molecular formula is C21H22N4O2S. The lowest BCUT2D eigenvalue weighted by Crippen LogP contribution is -2.65. The summed E-state index contributed by atoms with van der Waals surface area (Å²) in [5.74, 6) is 1.36. The van der Waals surface area contributed by atoms with Crippen molar-refractivity contribution in [3.05, 3.63) is 63.7 Å². The molecule has 0 bridgehead atoms. The Bertz CT molecular complexity index is 991. The average molecular weight is 395 g/mol. The highest BCUT2D eigenvalue weighted by atomic mass is 32.1. The van der Waals surface area contributed by atoms with Crippen LogP contribution in [0.4, 0.5) is 5.95 Å². The number of hydrogen-bond acceptors (Lipinski definition) is 6. The molecule has 1 saturated heterocycles. The molecule has 144 valence electrons. The Morgan fingerprint density at radius 2 is 2.07 bits per heavy atom. The number of fused-ring (bicyclic) bond motifs is 1. The second-order valence-corrected chi connectivity index (χ2v) is 8.76. The van der Waals surface area contributed by atoms with Crippen LogP contribution in [-0.2, 0) is 24.2 Å². The van der Waals surface area contributed by atoms with E-state index in [0.29, 0.717) is 24.9 Å². The molecule has 6 nitrogen and oxygen atoms in total. The van der Waals surface area contributed by atoms with Crippen LogP contribution in [0, 0.1) is 12.3 Å². The zero-order valence-corrected chi connectivity index (χ0v) is 16.6. The van der Waals surface area contributed by atoms with Crippen molar-refractivity contribution in [2.45, 2.75) is 26.3 Å². The van der Waals surface area contributed by atoms with E-state index in [4.69, 9.17) is 4.52 Å². The van der Waals surface area contributed by atoms with Crippen molar-refractivity contribution < 1.29 is 9.32 Å². The maximum absolute atomic E-state index is 13.7. The van der Waals surface area contributed by atoms with E-state index < -0.39 is 5.41 Å². The molecule has 2 aromatic heterocycles. The second kappa shape index (κ2) is 6.74. The Kier molecular flexibility index (Phi) is 4.19. The van der Waals surface area contributed by atoms with Crippen LogP contribution in [0.2, 0.25) is 0 Å². The molecule has 28 heavy (non-hydrogen) atoms. The van der Waals surface area contributed by atoms with Gasteiger partial charge in [0, 0.05) is 38.0 Å². The van der Waals surface area contributed by atoms with Crippen molar-refractivity contribution in [3.8, 4) is 0 Å². The average Bonchev–Trinajstić information content (AvgIpc) is 3.32. The monoisotopic (exact) mass is 394 g/mol. The lowest BCUT2D eigenvalue weighted by atomic mass is 9.73. The van der Waals surface area contributed by atoms with E-state index in [9.17, 15) is 4.79 Å². The van der Waals surface area contributed by atoms with Gasteiger partial charge in [-0.3, -0.25) is 4.79 Å². The van der Waals surface area contributed by atoms with Gasteiger partial charge in [0.1, 0.15) is 0 Å². The minimum Gasteiger partial charge on any atom is -0.338 e. The third-order valence-electron chi connectivity index (χ3n) is 5.72. The zero-order valence-electron chi connectivity index (χ0n) is 15.8. The largest absolute Gasteiger partial charge is 0.338 e. The van der Waals surface area contributed by atoms with Gasteiger partial charge in [-0.15, -0.1) is 11.3 Å². The van der Waals surface area contributed by atoms with Crippen LogP contribution < -0.4 is 4.90 Å². The van der Waals surface area contributed by atoms with Gasteiger partial charge >= 0.3 is 0 Å². The third kappa shape index (κ3) is 2.99. The normalized spacial score (nSPS) is 17.9. The Hall–Kier alpha value is -2.67. The topological polar surface area (TPSA) is 62.5 Å². The highest BCUT2D eigenvalue weighted by Crippen LogP contribution is 2.39. The first-order chi connectivity index (χ1) is 13.6. The molecule has 3 aromatic rings. The molecule has 1 amide bonds. The number of rotatable bonds is 4. The highest BCUT2D eigenvalue weighted by molar-refractivity contribution is 7.10. The van der Waals surface area contributed by atoms with Gasteiger partial charge < -0.3 is 14.3 Å². The van der Waals surface area contributed by atoms with Crippen LogP contribution in [0.5, 0.6) is 0 Å². The van der Waals surface area contributed by atoms with Crippen LogP contribution in [0.25, 0.3) is 0 Å². The fraction of sp³-hybridized carbons (Fsp3) is 0.381. The van der Waals surface area contributed by atoms with Gasteiger partial charge in [0.05, 0.1) is 5.41 Å². The van der Waals surface area contributed by atoms with Gasteiger partial charge in [-0.05, 0) is 40.6 Å². The number of hydrogen-bond donors (Lipinski definition) is 0. The highest BCUT2D eigenvalue weighted by Gasteiger charge is 2.52. The van der Waals surface area contributed by atoms with Crippen LogP contribution in [0.3, 0.4) is 0 Å². The molecule has 1 aromatic carbocycles. The van der Waals surface area contributed by atoms with E-state index in [1.165, 1.54) is 16.0 Å². The minimum atomic E-state index is -0.441. The van der Waals surface area contributed by atoms with Crippen LogP contribution in [0.15, 0.2) is 46.3 Å². The van der Waals surface area contributed by atoms with Gasteiger partial charge in [-0.25, -0.2) is 0 Å². The quantitative estimate of drug-likeness (QED) is 0.681. The lowest BCUT2D eigenvalue weighted by Gasteiger charge is -2.50. The number of carbonyl (C=O) groups excluding carboxylic acids is 1. The summed E-state index contributed by atoms with van der Waals surface area (Å²) in [5.41, 5.74) is 2.04. The number of aromatic nitrogens is 2. The summed E-state index contributed by atoms with van der Waals surface area (Å²) in [5, 5.41) is 6.15. The van der Waals surface area contributed by atoms with Gasteiger partial charge in [-0.2, -0.15) is 4.98 Å². The van der Waals surface area contributed by atoms with E-state index in [-0.39, 0.29) is 5.91 Å². The SMILES string of the molecule is Cc1nc(N2CC(Cc3ccccc3)(C(=O)N3CCc4sccc4C3)C2)no1. The summed E-state index contributed by atoms with van der Waals surface area (Å²) in [6, 6.07) is 12.4. The molecule has 2 aliphatic heterocycles. The molecule has 0 radical (unpaired) electrons. The number of aryl methyl sites for hydroxylation is 1. The molecule has 1 fully saturated rings. The molecule has 0 spiro atoms. The molecule has 7 heteroatoms. The van der Waals surface area contributed by atoms with Gasteiger partial charge in [0.15, 0.2) is 0 Å². The molecule has 5 rings (SSSR count). The predicted octanol–water partition coefficient (Wildman–Crippen LogP) is 3.07. The first-order valence-corrected chi connectivity index (χ1v) is 10.4. The number of carbonyl (C=O) groups is 1. The zero-order chi connectivity index (χ0) is 19.1. The smallest absolute Gasteiger partial charge is 0.266 e. The third-order valence-corrected chi connectivity index (χ3v) is 6.74. The van der Waals surface area contributed by atoms with Gasteiger partial charge in [0.25, 0.3) is 5.95 Å². The molecule has 4 heterocycles. The molecule has 0 atom stereocenters. The number of benzene rings is 1. The van der Waals surface area contributed by atoms with E-state index in [0.717, 1.165) is 25.9 Å². The predicted molar refractivity (Wildman–Crippen MR) is 107 cm³/mol. The summed E-state index contributed by atoms with van der Waals surface area (Å²) in [7, 11) is 0. The Morgan fingerprint density at radius 3 is 2.82 bits per heavy atom. The minimum absolute atomic E-state index is 0.240. The Balaban J connectivity index is 1.39. The van der Waals surface area contributed by atoms with E-state index in [1.54, 1.807) is 18.3 Å². The fourth-order valence-corrected chi connectivity index (χ4v) is 5.20. The first-order valence-electron chi connectivity index (χ1n) is 9.57. The van der Waals surface area contributed by atoms with Crippen molar-refractivity contribution in [1.29, 1.82) is 0 Å². The number of anilines is 1. The molecule has 0 unspecified atom stereocenters. The summed E-state index contributed by atoms with van der Waals surface area (Å²) < 4.78 is 5.12. The van der Waals surface area contributed by atoms with Crippen molar-refractivity contribution in [3.63, 3.8) is 0 Å². The maximum atomic E-state index is 13.7. The summed E-state index contributed by atoms with van der Waals surface area (Å²) in [4.78, 5) is 23.5. The van der Waals surface area contributed by atoms with Gasteiger partial charge in [-0.1, -0.05) is 30.3 Å². The molecule has 0 N–H and O–H groups in total. The summed E-state index contributed by atoms with van der Waals surface area (Å²) in [6.45, 7) is 4.53. The van der Waals surface area contributed by atoms with E-state index in [2.05, 4.69) is 33.7 Å². The molecule has 2 aliphatic rings. The summed E-state index contributed by atoms with van der Waals surface area (Å²) in [6.07, 6.45) is 1.68. The Morgan fingerprint density at radius 1 is 1.25 bits per heavy atom. The van der Waals surface area contributed by atoms with E-state index >= 15 is 0 Å². The van der Waals surface area contributed by atoms with Crippen molar-refractivity contribution in [1.82, 2.24) is 15.0 Å². The molecule has 0 aliphatic carbocycles. The van der Waals surface area contributed by atoms with Crippen LogP contribution >= 0.6 is 11.3 Å². The number of thiophene rings is 1. The Labute approximate surface area is 167 Å². The van der Waals surface area contributed by atoms with Crippen LogP contribution in [-0.4, -0.2) is 40.6 Å². The standard InChI is InChI=1S/C21H22N4O2S/c1-15-22-20(23-27-15)25-13-21(14-25,11-16-5-3-2-4-6-16)19(26)24-9-7-18-17(12-24)8-10-28-18/h2-6,8,10H,7,9,11-14H2,1H3.